The molecule has 2 rings (SSSR count). The van der Waals surface area contributed by atoms with Gasteiger partial charge in [-0.3, -0.25) is 9.89 Å². The number of carbonyl (C=O) groups is 1. The van der Waals surface area contributed by atoms with Gasteiger partial charge in [0.25, 0.3) is 0 Å². The second kappa shape index (κ2) is 5.52. The average molecular weight is 250 g/mol. The van der Waals surface area contributed by atoms with Crippen LogP contribution in [0, 0.1) is 12.8 Å². The van der Waals surface area contributed by atoms with E-state index in [0.717, 1.165) is 37.3 Å². The van der Waals surface area contributed by atoms with Gasteiger partial charge in [0.2, 0.25) is 5.91 Å². The summed E-state index contributed by atoms with van der Waals surface area (Å²) in [5.74, 6) is 0.593. The molecule has 1 aliphatic heterocycles. The smallest absolute Gasteiger partial charge is 0.228 e. The first-order valence-electron chi connectivity index (χ1n) is 6.60. The van der Waals surface area contributed by atoms with Crippen molar-refractivity contribution < 1.29 is 4.79 Å². The molecule has 1 fully saturated rings. The van der Waals surface area contributed by atoms with Crippen LogP contribution in [0.4, 0.5) is 0 Å². The van der Waals surface area contributed by atoms with Crippen LogP contribution in [-0.4, -0.2) is 40.1 Å². The molecule has 1 saturated heterocycles. The number of H-pyrrole nitrogens is 1. The van der Waals surface area contributed by atoms with Crippen molar-refractivity contribution in [3.63, 3.8) is 0 Å². The van der Waals surface area contributed by atoms with Crippen LogP contribution in [0.3, 0.4) is 0 Å². The number of aromatic amines is 1. The Hall–Kier alpha value is -1.36. The largest absolute Gasteiger partial charge is 0.342 e. The molecule has 2 heterocycles. The van der Waals surface area contributed by atoms with E-state index >= 15 is 0 Å². The predicted octanol–water partition coefficient (Wildman–Crippen LogP) is 0.846. The standard InChI is InChI=1S/C13H22N4O/c1-9-6-12(16-15-9)7-13(18)17-5-3-4-11(8-17)10(2)14/h6,10-11H,3-5,7-8,14H2,1-2H3,(H,15,16). The fourth-order valence-electron chi connectivity index (χ4n) is 2.50. The van der Waals surface area contributed by atoms with E-state index in [2.05, 4.69) is 10.2 Å². The number of likely N-dealkylation sites (tertiary alicyclic amines) is 1. The molecular formula is C13H22N4O. The van der Waals surface area contributed by atoms with E-state index < -0.39 is 0 Å². The molecule has 0 bridgehead atoms. The van der Waals surface area contributed by atoms with Gasteiger partial charge in [0, 0.05) is 24.8 Å². The number of nitrogens with two attached hydrogens (primary N) is 1. The lowest BCUT2D eigenvalue weighted by molar-refractivity contribution is -0.132. The lowest BCUT2D eigenvalue weighted by Gasteiger charge is -2.34. The third kappa shape index (κ3) is 3.10. The summed E-state index contributed by atoms with van der Waals surface area (Å²) in [6.45, 7) is 5.61. The summed E-state index contributed by atoms with van der Waals surface area (Å²) >= 11 is 0. The van der Waals surface area contributed by atoms with Crippen LogP contribution in [0.2, 0.25) is 0 Å². The molecule has 0 radical (unpaired) electrons. The Balaban J connectivity index is 1.92. The van der Waals surface area contributed by atoms with E-state index in [-0.39, 0.29) is 11.9 Å². The van der Waals surface area contributed by atoms with Gasteiger partial charge in [0.1, 0.15) is 0 Å². The van der Waals surface area contributed by atoms with Gasteiger partial charge in [-0.1, -0.05) is 0 Å². The van der Waals surface area contributed by atoms with E-state index in [9.17, 15) is 4.79 Å². The maximum Gasteiger partial charge on any atom is 0.228 e. The number of amides is 1. The summed E-state index contributed by atoms with van der Waals surface area (Å²) in [6.07, 6.45) is 2.57. The number of hydrogen-bond donors (Lipinski definition) is 2. The third-order valence-electron chi connectivity index (χ3n) is 3.65. The van der Waals surface area contributed by atoms with Gasteiger partial charge in [-0.25, -0.2) is 0 Å². The number of nitrogens with zero attached hydrogens (tertiary/aromatic N) is 2. The van der Waals surface area contributed by atoms with Crippen molar-refractivity contribution in [1.29, 1.82) is 0 Å². The number of carbonyl (C=O) groups excluding carboxylic acids is 1. The number of nitrogens with one attached hydrogen (secondary N) is 1. The Labute approximate surface area is 108 Å². The molecule has 0 aliphatic carbocycles. The van der Waals surface area contributed by atoms with Gasteiger partial charge in [-0.15, -0.1) is 0 Å². The minimum Gasteiger partial charge on any atom is -0.342 e. The highest BCUT2D eigenvalue weighted by Crippen LogP contribution is 2.19. The van der Waals surface area contributed by atoms with Gasteiger partial charge in [0.15, 0.2) is 0 Å². The number of aromatic nitrogens is 2. The predicted molar refractivity (Wildman–Crippen MR) is 70.0 cm³/mol. The van der Waals surface area contributed by atoms with Gasteiger partial charge >= 0.3 is 0 Å². The summed E-state index contributed by atoms with van der Waals surface area (Å²) in [4.78, 5) is 14.1. The molecule has 1 aromatic heterocycles. The lowest BCUT2D eigenvalue weighted by atomic mass is 9.92. The van der Waals surface area contributed by atoms with Gasteiger partial charge in [-0.2, -0.15) is 5.10 Å². The van der Waals surface area contributed by atoms with Gasteiger partial charge in [0.05, 0.1) is 12.1 Å². The molecule has 0 spiro atoms. The Morgan fingerprint density at radius 1 is 1.72 bits per heavy atom. The Kier molecular flexibility index (Phi) is 4.01. The monoisotopic (exact) mass is 250 g/mol. The fourth-order valence-corrected chi connectivity index (χ4v) is 2.50. The van der Waals surface area contributed by atoms with Crippen molar-refractivity contribution in [2.75, 3.05) is 13.1 Å². The molecule has 3 N–H and O–H groups in total. The van der Waals surface area contributed by atoms with Crippen LogP contribution in [0.5, 0.6) is 0 Å². The topological polar surface area (TPSA) is 75.0 Å². The summed E-state index contributed by atoms with van der Waals surface area (Å²) in [7, 11) is 0. The van der Waals surface area contributed by atoms with Crippen LogP contribution in [-0.2, 0) is 11.2 Å². The highest BCUT2D eigenvalue weighted by Gasteiger charge is 2.25. The van der Waals surface area contributed by atoms with Crippen LogP contribution in [0.15, 0.2) is 6.07 Å². The first-order chi connectivity index (χ1) is 8.56. The number of piperidine rings is 1. The van der Waals surface area contributed by atoms with E-state index in [1.54, 1.807) is 0 Å². The normalized spacial score (nSPS) is 21.9. The molecule has 1 aliphatic rings. The first kappa shape index (κ1) is 13.1. The molecule has 1 amide bonds. The van der Waals surface area contributed by atoms with Gasteiger partial charge < -0.3 is 10.6 Å². The zero-order valence-electron chi connectivity index (χ0n) is 11.1. The maximum absolute atomic E-state index is 12.2. The minimum absolute atomic E-state index is 0.159. The summed E-state index contributed by atoms with van der Waals surface area (Å²) in [6, 6.07) is 2.08. The van der Waals surface area contributed by atoms with Gasteiger partial charge in [-0.05, 0) is 38.7 Å². The van der Waals surface area contributed by atoms with Crippen molar-refractivity contribution in [1.82, 2.24) is 15.1 Å². The van der Waals surface area contributed by atoms with Crippen LogP contribution in [0.1, 0.15) is 31.2 Å². The quantitative estimate of drug-likeness (QED) is 0.835. The molecule has 1 aromatic rings. The molecule has 5 heteroatoms. The Morgan fingerprint density at radius 2 is 2.50 bits per heavy atom. The zero-order chi connectivity index (χ0) is 13.1. The van der Waals surface area contributed by atoms with Crippen molar-refractivity contribution in [3.05, 3.63) is 17.5 Å². The Bertz CT molecular complexity index is 413. The molecule has 18 heavy (non-hydrogen) atoms. The maximum atomic E-state index is 12.2. The highest BCUT2D eigenvalue weighted by molar-refractivity contribution is 5.78. The number of rotatable bonds is 3. The van der Waals surface area contributed by atoms with E-state index in [1.807, 2.05) is 24.8 Å². The third-order valence-corrected chi connectivity index (χ3v) is 3.65. The summed E-state index contributed by atoms with van der Waals surface area (Å²) in [5.41, 5.74) is 7.74. The lowest BCUT2D eigenvalue weighted by Crippen LogP contribution is -2.45. The molecular weight excluding hydrogens is 228 g/mol. The van der Waals surface area contributed by atoms with Crippen LogP contribution >= 0.6 is 0 Å². The fraction of sp³-hybridized carbons (Fsp3) is 0.692. The van der Waals surface area contributed by atoms with E-state index in [4.69, 9.17) is 5.73 Å². The molecule has 2 unspecified atom stereocenters. The molecule has 0 aromatic carbocycles. The van der Waals surface area contributed by atoms with Crippen LogP contribution < -0.4 is 5.73 Å². The Morgan fingerprint density at radius 3 is 3.11 bits per heavy atom. The van der Waals surface area contributed by atoms with E-state index in [1.165, 1.54) is 0 Å². The zero-order valence-corrected chi connectivity index (χ0v) is 11.1. The first-order valence-corrected chi connectivity index (χ1v) is 6.60. The van der Waals surface area contributed by atoms with Crippen molar-refractivity contribution in [2.24, 2.45) is 11.7 Å². The molecule has 100 valence electrons. The highest BCUT2D eigenvalue weighted by atomic mass is 16.2. The molecule has 5 nitrogen and oxygen atoms in total. The SMILES string of the molecule is Cc1cc(CC(=O)N2CCCC(C(C)N)C2)n[nH]1. The number of aryl methyl sites for hydroxylation is 1. The van der Waals surface area contributed by atoms with Crippen LogP contribution in [0.25, 0.3) is 0 Å². The van der Waals surface area contributed by atoms with Crippen molar-refractivity contribution in [3.8, 4) is 0 Å². The van der Waals surface area contributed by atoms with Crippen molar-refractivity contribution >= 4 is 5.91 Å². The average Bonchev–Trinajstić information content (AvgIpc) is 2.75. The molecule has 2 atom stereocenters. The molecule has 0 saturated carbocycles. The summed E-state index contributed by atoms with van der Waals surface area (Å²) in [5, 5.41) is 6.97. The minimum atomic E-state index is 0.159. The number of hydrogen-bond acceptors (Lipinski definition) is 3. The second-order valence-electron chi connectivity index (χ2n) is 5.32. The second-order valence-corrected chi connectivity index (χ2v) is 5.32. The van der Waals surface area contributed by atoms with E-state index in [0.29, 0.717) is 12.3 Å². The summed E-state index contributed by atoms with van der Waals surface area (Å²) < 4.78 is 0. The van der Waals surface area contributed by atoms with Crippen molar-refractivity contribution in [2.45, 2.75) is 39.2 Å².